The Bertz CT molecular complexity index is 277. The van der Waals surface area contributed by atoms with Crippen molar-refractivity contribution >= 4 is 17.8 Å². The molecule has 1 N–H and O–H groups in total. The van der Waals surface area contributed by atoms with Gasteiger partial charge in [-0.3, -0.25) is 14.9 Å². The summed E-state index contributed by atoms with van der Waals surface area (Å²) < 4.78 is 0. The van der Waals surface area contributed by atoms with Crippen LogP contribution in [0.1, 0.15) is 6.92 Å². The molecule has 0 radical (unpaired) electrons. The van der Waals surface area contributed by atoms with E-state index in [1.807, 2.05) is 6.92 Å². The van der Waals surface area contributed by atoms with Crippen LogP contribution in [-0.4, -0.2) is 54.3 Å². The third kappa shape index (κ3) is 2.21. The molecule has 0 spiro atoms. The molecule has 0 saturated carbocycles. The minimum absolute atomic E-state index is 0.0257. The summed E-state index contributed by atoms with van der Waals surface area (Å²) in [5.41, 5.74) is 0. The molecule has 6 heteroatoms. The van der Waals surface area contributed by atoms with Gasteiger partial charge in [0.25, 0.3) is 0 Å². The highest BCUT2D eigenvalue weighted by molar-refractivity contribution is 6.03. The molecule has 0 aliphatic carbocycles. The Kier molecular flexibility index (Phi) is 3.06. The van der Waals surface area contributed by atoms with Gasteiger partial charge in [0.1, 0.15) is 13.1 Å². The fourth-order valence-corrected chi connectivity index (χ4v) is 1.07. The van der Waals surface area contributed by atoms with Crippen molar-refractivity contribution in [3.8, 4) is 0 Å². The molecule has 4 amide bonds. The van der Waals surface area contributed by atoms with Crippen molar-refractivity contribution < 1.29 is 14.4 Å². The molecule has 1 aliphatic heterocycles. The molecule has 0 aromatic rings. The maximum atomic E-state index is 11.4. The molecule has 0 aromatic carbocycles. The molecule has 0 atom stereocenters. The Labute approximate surface area is 81.8 Å². The molecule has 0 aromatic heterocycles. The lowest BCUT2D eigenvalue weighted by Crippen LogP contribution is -2.39. The maximum absolute atomic E-state index is 11.4. The van der Waals surface area contributed by atoms with Crippen LogP contribution in [0, 0.1) is 0 Å². The van der Waals surface area contributed by atoms with Gasteiger partial charge in [0.2, 0.25) is 11.8 Å². The Morgan fingerprint density at radius 2 is 2.21 bits per heavy atom. The van der Waals surface area contributed by atoms with Crippen LogP contribution in [0.2, 0.25) is 0 Å². The summed E-state index contributed by atoms with van der Waals surface area (Å²) in [4.78, 5) is 35.9. The highest BCUT2D eigenvalue weighted by atomic mass is 16.2. The van der Waals surface area contributed by atoms with E-state index in [1.54, 1.807) is 7.05 Å². The van der Waals surface area contributed by atoms with Crippen molar-refractivity contribution in [2.45, 2.75) is 6.92 Å². The number of hydrogen-bond acceptors (Lipinski definition) is 3. The minimum atomic E-state index is -0.493. The summed E-state index contributed by atoms with van der Waals surface area (Å²) in [7, 11) is 1.65. The zero-order valence-corrected chi connectivity index (χ0v) is 8.24. The van der Waals surface area contributed by atoms with E-state index in [1.165, 1.54) is 9.80 Å². The first-order valence-corrected chi connectivity index (χ1v) is 4.37. The zero-order chi connectivity index (χ0) is 10.7. The van der Waals surface area contributed by atoms with Crippen LogP contribution in [0.15, 0.2) is 0 Å². The van der Waals surface area contributed by atoms with Crippen molar-refractivity contribution in [3.05, 3.63) is 0 Å². The molecule has 1 rings (SSSR count). The van der Waals surface area contributed by atoms with E-state index in [-0.39, 0.29) is 24.9 Å². The SMILES string of the molecule is CCN(C)C(=O)CN1CC(=O)NC1=O. The summed E-state index contributed by atoms with van der Waals surface area (Å²) in [6.45, 7) is 2.36. The van der Waals surface area contributed by atoms with Crippen molar-refractivity contribution in [1.29, 1.82) is 0 Å². The van der Waals surface area contributed by atoms with Crippen LogP contribution in [0.25, 0.3) is 0 Å². The number of nitrogens with zero attached hydrogens (tertiary/aromatic N) is 2. The van der Waals surface area contributed by atoms with Gasteiger partial charge >= 0.3 is 6.03 Å². The van der Waals surface area contributed by atoms with Crippen LogP contribution in [-0.2, 0) is 9.59 Å². The van der Waals surface area contributed by atoms with Gasteiger partial charge < -0.3 is 9.80 Å². The Morgan fingerprint density at radius 1 is 1.57 bits per heavy atom. The van der Waals surface area contributed by atoms with Crippen LogP contribution < -0.4 is 5.32 Å². The van der Waals surface area contributed by atoms with Gasteiger partial charge in [0.05, 0.1) is 0 Å². The monoisotopic (exact) mass is 199 g/mol. The molecule has 14 heavy (non-hydrogen) atoms. The number of urea groups is 1. The van der Waals surface area contributed by atoms with Gasteiger partial charge in [0, 0.05) is 13.6 Å². The lowest BCUT2D eigenvalue weighted by atomic mass is 10.4. The fourth-order valence-electron chi connectivity index (χ4n) is 1.07. The van der Waals surface area contributed by atoms with Crippen LogP contribution in [0.4, 0.5) is 4.79 Å². The second-order valence-corrected chi connectivity index (χ2v) is 3.12. The first-order valence-electron chi connectivity index (χ1n) is 4.37. The summed E-state index contributed by atoms with van der Waals surface area (Å²) in [6, 6.07) is -0.493. The molecule has 0 bridgehead atoms. The Hall–Kier alpha value is -1.59. The summed E-state index contributed by atoms with van der Waals surface area (Å²) in [6.07, 6.45) is 0. The third-order valence-electron chi connectivity index (χ3n) is 2.09. The van der Waals surface area contributed by atoms with Crippen LogP contribution in [0.3, 0.4) is 0 Å². The van der Waals surface area contributed by atoms with Gasteiger partial charge in [-0.05, 0) is 6.92 Å². The highest BCUT2D eigenvalue weighted by Gasteiger charge is 2.28. The average molecular weight is 199 g/mol. The van der Waals surface area contributed by atoms with E-state index in [0.29, 0.717) is 6.54 Å². The fraction of sp³-hybridized carbons (Fsp3) is 0.625. The highest BCUT2D eigenvalue weighted by Crippen LogP contribution is 1.98. The normalized spacial score (nSPS) is 15.7. The van der Waals surface area contributed by atoms with E-state index in [0.717, 1.165) is 0 Å². The number of nitrogens with one attached hydrogen (secondary N) is 1. The van der Waals surface area contributed by atoms with Crippen molar-refractivity contribution in [1.82, 2.24) is 15.1 Å². The predicted octanol–water partition coefficient (Wildman–Crippen LogP) is -0.983. The largest absolute Gasteiger partial charge is 0.344 e. The molecule has 1 saturated heterocycles. The minimum Gasteiger partial charge on any atom is -0.344 e. The number of rotatable bonds is 3. The van der Waals surface area contributed by atoms with Crippen molar-refractivity contribution in [2.24, 2.45) is 0 Å². The smallest absolute Gasteiger partial charge is 0.325 e. The first-order chi connectivity index (χ1) is 6.54. The van der Waals surface area contributed by atoms with Crippen molar-refractivity contribution in [3.63, 3.8) is 0 Å². The van der Waals surface area contributed by atoms with Gasteiger partial charge in [-0.1, -0.05) is 0 Å². The van der Waals surface area contributed by atoms with Gasteiger partial charge in [-0.25, -0.2) is 4.79 Å². The topological polar surface area (TPSA) is 69.7 Å². The lowest BCUT2D eigenvalue weighted by Gasteiger charge is -2.18. The van der Waals surface area contributed by atoms with Gasteiger partial charge in [0.15, 0.2) is 0 Å². The molecule has 0 unspecified atom stereocenters. The number of hydrogen-bond donors (Lipinski definition) is 1. The second kappa shape index (κ2) is 4.08. The number of amides is 4. The third-order valence-corrected chi connectivity index (χ3v) is 2.09. The van der Waals surface area contributed by atoms with Crippen molar-refractivity contribution in [2.75, 3.05) is 26.7 Å². The summed E-state index contributed by atoms with van der Waals surface area (Å²) in [5.74, 6) is -0.528. The van der Waals surface area contributed by atoms with Gasteiger partial charge in [-0.15, -0.1) is 0 Å². The molecule has 6 nitrogen and oxygen atoms in total. The Balaban J connectivity index is 2.49. The molecule has 1 aliphatic rings. The zero-order valence-electron chi connectivity index (χ0n) is 8.24. The first kappa shape index (κ1) is 10.5. The molecular formula is C8H13N3O3. The molecule has 1 fully saturated rings. The summed E-state index contributed by atoms with van der Waals surface area (Å²) in [5, 5.41) is 2.11. The molecule has 1 heterocycles. The van der Waals surface area contributed by atoms with E-state index >= 15 is 0 Å². The molecule has 78 valence electrons. The number of carbonyl (C=O) groups excluding carboxylic acids is 3. The predicted molar refractivity (Wildman–Crippen MR) is 48.4 cm³/mol. The second-order valence-electron chi connectivity index (χ2n) is 3.12. The van der Waals surface area contributed by atoms with E-state index in [4.69, 9.17) is 0 Å². The van der Waals surface area contributed by atoms with Crippen LogP contribution >= 0.6 is 0 Å². The quantitative estimate of drug-likeness (QED) is 0.594. The van der Waals surface area contributed by atoms with E-state index in [9.17, 15) is 14.4 Å². The number of carbonyl (C=O) groups is 3. The molecular weight excluding hydrogens is 186 g/mol. The van der Waals surface area contributed by atoms with Gasteiger partial charge in [-0.2, -0.15) is 0 Å². The average Bonchev–Trinajstić information content (AvgIpc) is 2.44. The van der Waals surface area contributed by atoms with Crippen LogP contribution in [0.5, 0.6) is 0 Å². The van der Waals surface area contributed by atoms with E-state index < -0.39 is 6.03 Å². The lowest BCUT2D eigenvalue weighted by molar-refractivity contribution is -0.130. The Morgan fingerprint density at radius 3 is 2.64 bits per heavy atom. The number of imide groups is 1. The summed E-state index contributed by atoms with van der Waals surface area (Å²) >= 11 is 0. The maximum Gasteiger partial charge on any atom is 0.325 e. The van der Waals surface area contributed by atoms with E-state index in [2.05, 4.69) is 5.32 Å². The standard InChI is InChI=1S/C8H13N3O3/c1-3-10(2)7(13)5-11-4-6(12)9-8(11)14/h3-5H2,1-2H3,(H,9,12,14). The number of likely N-dealkylation sites (N-methyl/N-ethyl adjacent to an activating group) is 1.